The number of hydrogen-bond acceptors (Lipinski definition) is 2. The summed E-state index contributed by atoms with van der Waals surface area (Å²) in [6, 6.07) is 22.1. The SMILES string of the molecule is O=c1oc2ccc(Cl)cc2c(-c2ccc(Cl)cc2)c1-c1ccccc1. The third kappa shape index (κ3) is 2.95. The predicted octanol–water partition coefficient (Wildman–Crippen LogP) is 6.43. The smallest absolute Gasteiger partial charge is 0.344 e. The molecule has 0 fully saturated rings. The van der Waals surface area contributed by atoms with Crippen molar-refractivity contribution in [3.05, 3.63) is 93.3 Å². The van der Waals surface area contributed by atoms with Crippen LogP contribution in [0.4, 0.5) is 0 Å². The van der Waals surface area contributed by atoms with E-state index in [4.69, 9.17) is 27.6 Å². The Morgan fingerprint density at radius 1 is 0.680 bits per heavy atom. The maximum atomic E-state index is 12.8. The number of hydrogen-bond donors (Lipinski definition) is 0. The van der Waals surface area contributed by atoms with Crippen LogP contribution in [0.5, 0.6) is 0 Å². The van der Waals surface area contributed by atoms with Gasteiger partial charge in [-0.2, -0.15) is 0 Å². The Balaban J connectivity index is 2.17. The fraction of sp³-hybridized carbons (Fsp3) is 0. The molecule has 0 aliphatic carbocycles. The van der Waals surface area contributed by atoms with Crippen molar-refractivity contribution in [1.82, 2.24) is 0 Å². The molecular formula is C21H12Cl2O2. The molecule has 0 saturated heterocycles. The van der Waals surface area contributed by atoms with Crippen molar-refractivity contribution in [2.45, 2.75) is 0 Å². The maximum absolute atomic E-state index is 12.8. The summed E-state index contributed by atoms with van der Waals surface area (Å²) >= 11 is 12.2. The summed E-state index contributed by atoms with van der Waals surface area (Å²) in [6.45, 7) is 0. The Hall–Kier alpha value is -2.55. The molecule has 3 aromatic carbocycles. The van der Waals surface area contributed by atoms with Crippen LogP contribution in [-0.2, 0) is 0 Å². The normalized spacial score (nSPS) is 11.0. The second-order valence-electron chi connectivity index (χ2n) is 5.65. The molecule has 0 saturated carbocycles. The highest BCUT2D eigenvalue weighted by atomic mass is 35.5. The molecule has 0 aliphatic heterocycles. The lowest BCUT2D eigenvalue weighted by Gasteiger charge is -2.12. The fourth-order valence-corrected chi connectivity index (χ4v) is 3.26. The van der Waals surface area contributed by atoms with Crippen LogP contribution in [0.25, 0.3) is 33.2 Å². The first-order valence-electron chi connectivity index (χ1n) is 7.71. The molecule has 4 rings (SSSR count). The third-order valence-corrected chi connectivity index (χ3v) is 4.55. The van der Waals surface area contributed by atoms with Gasteiger partial charge in [0.25, 0.3) is 0 Å². The summed E-state index contributed by atoms with van der Waals surface area (Å²) in [6.07, 6.45) is 0. The fourth-order valence-electron chi connectivity index (χ4n) is 2.96. The van der Waals surface area contributed by atoms with E-state index >= 15 is 0 Å². The molecule has 0 unspecified atom stereocenters. The average molecular weight is 367 g/mol. The zero-order valence-corrected chi connectivity index (χ0v) is 14.5. The minimum atomic E-state index is -0.383. The topological polar surface area (TPSA) is 30.2 Å². The van der Waals surface area contributed by atoms with Crippen LogP contribution in [0, 0.1) is 0 Å². The largest absolute Gasteiger partial charge is 0.422 e. The van der Waals surface area contributed by atoms with Gasteiger partial charge < -0.3 is 4.42 Å². The van der Waals surface area contributed by atoms with Gasteiger partial charge in [0.05, 0.1) is 5.56 Å². The number of rotatable bonds is 2. The Labute approximate surface area is 154 Å². The van der Waals surface area contributed by atoms with Gasteiger partial charge in [-0.15, -0.1) is 0 Å². The lowest BCUT2D eigenvalue weighted by Crippen LogP contribution is -2.06. The van der Waals surface area contributed by atoms with Gasteiger partial charge >= 0.3 is 5.63 Å². The van der Waals surface area contributed by atoms with Crippen molar-refractivity contribution in [3.63, 3.8) is 0 Å². The van der Waals surface area contributed by atoms with Crippen LogP contribution in [0.1, 0.15) is 0 Å². The quantitative estimate of drug-likeness (QED) is 0.382. The first-order valence-corrected chi connectivity index (χ1v) is 8.47. The number of fused-ring (bicyclic) bond motifs is 1. The molecule has 0 amide bonds. The monoisotopic (exact) mass is 366 g/mol. The molecule has 0 spiro atoms. The van der Waals surface area contributed by atoms with Gasteiger partial charge in [-0.1, -0.05) is 65.7 Å². The minimum absolute atomic E-state index is 0.383. The summed E-state index contributed by atoms with van der Waals surface area (Å²) in [5.74, 6) is 0. The average Bonchev–Trinajstić information content (AvgIpc) is 2.63. The molecule has 0 aliphatic rings. The van der Waals surface area contributed by atoms with E-state index in [-0.39, 0.29) is 5.63 Å². The van der Waals surface area contributed by atoms with E-state index in [0.29, 0.717) is 21.2 Å². The zero-order chi connectivity index (χ0) is 17.4. The van der Waals surface area contributed by atoms with Gasteiger partial charge in [-0.25, -0.2) is 4.79 Å². The zero-order valence-electron chi connectivity index (χ0n) is 13.0. The highest BCUT2D eigenvalue weighted by Gasteiger charge is 2.18. The molecule has 1 aromatic heterocycles. The van der Waals surface area contributed by atoms with Crippen LogP contribution >= 0.6 is 23.2 Å². The Kier molecular flexibility index (Phi) is 4.08. The van der Waals surface area contributed by atoms with E-state index in [1.165, 1.54) is 0 Å². The lowest BCUT2D eigenvalue weighted by atomic mass is 9.93. The summed E-state index contributed by atoms with van der Waals surface area (Å²) in [5, 5.41) is 2.00. The van der Waals surface area contributed by atoms with E-state index < -0.39 is 0 Å². The number of benzene rings is 3. The molecule has 0 radical (unpaired) electrons. The number of halogens is 2. The summed E-state index contributed by atoms with van der Waals surface area (Å²) in [7, 11) is 0. The third-order valence-electron chi connectivity index (χ3n) is 4.06. The van der Waals surface area contributed by atoms with E-state index in [0.717, 1.165) is 22.1 Å². The highest BCUT2D eigenvalue weighted by Crippen LogP contribution is 2.37. The van der Waals surface area contributed by atoms with Gasteiger partial charge in [0.15, 0.2) is 0 Å². The first-order chi connectivity index (χ1) is 12.1. The van der Waals surface area contributed by atoms with Crippen molar-refractivity contribution in [1.29, 1.82) is 0 Å². The molecule has 4 aromatic rings. The van der Waals surface area contributed by atoms with Gasteiger partial charge in [0.2, 0.25) is 0 Å². The van der Waals surface area contributed by atoms with Crippen LogP contribution in [0.3, 0.4) is 0 Å². The molecule has 2 nitrogen and oxygen atoms in total. The van der Waals surface area contributed by atoms with E-state index in [9.17, 15) is 4.79 Å². The molecule has 0 N–H and O–H groups in total. The Morgan fingerprint density at radius 2 is 1.32 bits per heavy atom. The van der Waals surface area contributed by atoms with Crippen LogP contribution < -0.4 is 5.63 Å². The van der Waals surface area contributed by atoms with Crippen LogP contribution in [-0.4, -0.2) is 0 Å². The molecule has 0 bridgehead atoms. The van der Waals surface area contributed by atoms with Crippen molar-refractivity contribution in [2.24, 2.45) is 0 Å². The van der Waals surface area contributed by atoms with Gasteiger partial charge in [-0.3, -0.25) is 0 Å². The second-order valence-corrected chi connectivity index (χ2v) is 6.53. The lowest BCUT2D eigenvalue weighted by molar-refractivity contribution is 0.564. The first kappa shape index (κ1) is 15.9. The van der Waals surface area contributed by atoms with Crippen molar-refractivity contribution in [2.75, 3.05) is 0 Å². The minimum Gasteiger partial charge on any atom is -0.422 e. The van der Waals surface area contributed by atoms with E-state index in [1.54, 1.807) is 24.3 Å². The van der Waals surface area contributed by atoms with E-state index in [1.807, 2.05) is 48.5 Å². The molecule has 0 atom stereocenters. The molecular weight excluding hydrogens is 355 g/mol. The molecule has 122 valence electrons. The highest BCUT2D eigenvalue weighted by molar-refractivity contribution is 6.31. The second kappa shape index (κ2) is 6.40. The molecule has 4 heteroatoms. The maximum Gasteiger partial charge on any atom is 0.344 e. The van der Waals surface area contributed by atoms with Crippen LogP contribution in [0.15, 0.2) is 82.0 Å². The van der Waals surface area contributed by atoms with Crippen molar-refractivity contribution < 1.29 is 4.42 Å². The van der Waals surface area contributed by atoms with Crippen LogP contribution in [0.2, 0.25) is 10.0 Å². The molecule has 1 heterocycles. The summed E-state index contributed by atoms with van der Waals surface area (Å²) in [4.78, 5) is 12.8. The van der Waals surface area contributed by atoms with E-state index in [2.05, 4.69) is 0 Å². The molecule has 25 heavy (non-hydrogen) atoms. The van der Waals surface area contributed by atoms with Gasteiger partial charge in [0, 0.05) is 21.0 Å². The van der Waals surface area contributed by atoms with Gasteiger partial charge in [-0.05, 0) is 41.5 Å². The summed E-state index contributed by atoms with van der Waals surface area (Å²) in [5.41, 5.74) is 3.09. The predicted molar refractivity (Wildman–Crippen MR) is 103 cm³/mol. The Morgan fingerprint density at radius 3 is 2.04 bits per heavy atom. The standard InChI is InChI=1S/C21H12Cl2O2/c22-15-8-6-14(7-9-15)19-17-12-16(23)10-11-18(17)25-21(24)20(19)13-4-2-1-3-5-13/h1-12H. The summed E-state index contributed by atoms with van der Waals surface area (Å²) < 4.78 is 5.55. The van der Waals surface area contributed by atoms with Gasteiger partial charge in [0.1, 0.15) is 5.58 Å². The van der Waals surface area contributed by atoms with Crippen molar-refractivity contribution >= 4 is 34.2 Å². The van der Waals surface area contributed by atoms with Crippen molar-refractivity contribution in [3.8, 4) is 22.3 Å². The Bertz CT molecular complexity index is 1110.